The van der Waals surface area contributed by atoms with Gasteiger partial charge in [0.1, 0.15) is 11.5 Å². The van der Waals surface area contributed by atoms with Gasteiger partial charge in [-0.1, -0.05) is 18.2 Å². The summed E-state index contributed by atoms with van der Waals surface area (Å²) in [6.07, 6.45) is 0.157. The number of primary amides is 1. The van der Waals surface area contributed by atoms with Crippen LogP contribution in [0.2, 0.25) is 0 Å². The molecule has 0 radical (unpaired) electrons. The molecule has 1 saturated heterocycles. The van der Waals surface area contributed by atoms with Gasteiger partial charge in [0.25, 0.3) is 5.91 Å². The third-order valence-corrected chi connectivity index (χ3v) is 6.82. The second-order valence-electron chi connectivity index (χ2n) is 7.30. The molecule has 6 N–H and O–H groups in total. The number of rotatable bonds is 5. The number of nitrogens with two attached hydrogens (primary N) is 1. The molecule has 1 aliphatic heterocycles. The fourth-order valence-electron chi connectivity index (χ4n) is 3.67. The standard InChI is InChI=1S/C19H20N6O5S/c20-18(26)17-16(13-7-10-3-1-2-4-11(10)22-13)25-15(8-21-17)23-14-9-31(29,30)6-5-12(14)24-19(27)28/h1-4,7-8,12,14,22,24H,5-6,9H2,(H2,20,26)(H,23,25)(H,27,28)/t12-,14+/m0/s1. The summed E-state index contributed by atoms with van der Waals surface area (Å²) >= 11 is 0. The summed E-state index contributed by atoms with van der Waals surface area (Å²) in [5.41, 5.74) is 6.97. The number of hydrogen-bond donors (Lipinski definition) is 5. The van der Waals surface area contributed by atoms with Crippen molar-refractivity contribution in [1.82, 2.24) is 20.3 Å². The minimum atomic E-state index is -3.35. The molecule has 1 fully saturated rings. The normalized spacial score (nSPS) is 20.3. The number of carbonyl (C=O) groups is 2. The van der Waals surface area contributed by atoms with Gasteiger partial charge >= 0.3 is 6.09 Å². The van der Waals surface area contributed by atoms with Crippen LogP contribution in [0.5, 0.6) is 0 Å². The summed E-state index contributed by atoms with van der Waals surface area (Å²) in [6.45, 7) is 0. The fourth-order valence-corrected chi connectivity index (χ4v) is 5.31. The predicted molar refractivity (Wildman–Crippen MR) is 113 cm³/mol. The first-order valence-electron chi connectivity index (χ1n) is 9.43. The number of aromatic amines is 1. The van der Waals surface area contributed by atoms with Crippen LogP contribution >= 0.6 is 0 Å². The molecule has 12 heteroatoms. The highest BCUT2D eigenvalue weighted by molar-refractivity contribution is 7.91. The van der Waals surface area contributed by atoms with Gasteiger partial charge in [-0.2, -0.15) is 0 Å². The Bertz CT molecular complexity index is 1240. The molecule has 3 heterocycles. The summed E-state index contributed by atoms with van der Waals surface area (Å²) < 4.78 is 24.2. The average molecular weight is 444 g/mol. The second kappa shape index (κ2) is 7.87. The number of para-hydroxylation sites is 1. The Morgan fingerprint density at radius 3 is 2.71 bits per heavy atom. The van der Waals surface area contributed by atoms with Crippen molar-refractivity contribution in [1.29, 1.82) is 0 Å². The zero-order valence-corrected chi connectivity index (χ0v) is 17.0. The lowest BCUT2D eigenvalue weighted by Crippen LogP contribution is -2.53. The summed E-state index contributed by atoms with van der Waals surface area (Å²) in [5.74, 6) is -0.946. The first kappa shape index (κ1) is 20.6. The summed E-state index contributed by atoms with van der Waals surface area (Å²) in [4.78, 5) is 34.7. The van der Waals surface area contributed by atoms with Gasteiger partial charge in [-0.25, -0.2) is 23.2 Å². The van der Waals surface area contributed by atoms with E-state index in [9.17, 15) is 18.0 Å². The number of H-pyrrole nitrogens is 1. The van der Waals surface area contributed by atoms with Crippen LogP contribution in [0.4, 0.5) is 10.6 Å². The lowest BCUT2D eigenvalue weighted by molar-refractivity contribution is 0.0996. The molecule has 11 nitrogen and oxygen atoms in total. The molecule has 1 aromatic carbocycles. The number of hydrogen-bond acceptors (Lipinski definition) is 7. The first-order valence-corrected chi connectivity index (χ1v) is 11.3. The molecule has 0 unspecified atom stereocenters. The molecular formula is C19H20N6O5S. The van der Waals surface area contributed by atoms with E-state index >= 15 is 0 Å². The van der Waals surface area contributed by atoms with Crippen molar-refractivity contribution in [3.8, 4) is 11.4 Å². The van der Waals surface area contributed by atoms with Gasteiger partial charge in [0.2, 0.25) is 0 Å². The van der Waals surface area contributed by atoms with Crippen molar-refractivity contribution < 1.29 is 23.1 Å². The van der Waals surface area contributed by atoms with Crippen molar-refractivity contribution >= 4 is 38.6 Å². The number of anilines is 1. The fraction of sp³-hybridized carbons (Fsp3) is 0.263. The molecule has 31 heavy (non-hydrogen) atoms. The quantitative estimate of drug-likeness (QED) is 0.386. The summed E-state index contributed by atoms with van der Waals surface area (Å²) in [5, 5.41) is 15.3. The Morgan fingerprint density at radius 2 is 2.00 bits per heavy atom. The van der Waals surface area contributed by atoms with Crippen molar-refractivity contribution in [3.05, 3.63) is 42.2 Å². The lowest BCUT2D eigenvalue weighted by Gasteiger charge is -2.32. The number of sulfone groups is 1. The molecule has 2 atom stereocenters. The Labute approximate surface area is 177 Å². The number of carboxylic acid groups (broad SMARTS) is 1. The Morgan fingerprint density at radius 1 is 1.23 bits per heavy atom. The molecule has 162 valence electrons. The molecule has 2 amide bonds. The number of benzene rings is 1. The Hall–Kier alpha value is -3.67. The van der Waals surface area contributed by atoms with E-state index < -0.39 is 33.9 Å². The minimum absolute atomic E-state index is 0.0476. The van der Waals surface area contributed by atoms with Gasteiger partial charge in [0.15, 0.2) is 15.5 Å². The number of carbonyl (C=O) groups excluding carboxylic acids is 1. The van der Waals surface area contributed by atoms with E-state index in [1.54, 1.807) is 6.07 Å². The number of nitrogens with one attached hydrogen (secondary N) is 3. The minimum Gasteiger partial charge on any atom is -0.465 e. The van der Waals surface area contributed by atoms with Crippen LogP contribution in [-0.2, 0) is 9.84 Å². The molecule has 0 spiro atoms. The maximum atomic E-state index is 12.1. The highest BCUT2D eigenvalue weighted by atomic mass is 32.2. The molecule has 0 aliphatic carbocycles. The van der Waals surface area contributed by atoms with Crippen LogP contribution in [0.25, 0.3) is 22.3 Å². The van der Waals surface area contributed by atoms with Crippen molar-refractivity contribution in [2.45, 2.75) is 18.5 Å². The predicted octanol–water partition coefficient (Wildman–Crippen LogP) is 0.959. The third kappa shape index (κ3) is 4.43. The highest BCUT2D eigenvalue weighted by Gasteiger charge is 2.34. The van der Waals surface area contributed by atoms with Gasteiger partial charge in [-0.3, -0.25) is 4.79 Å². The zero-order chi connectivity index (χ0) is 22.2. The number of fused-ring (bicyclic) bond motifs is 1. The van der Waals surface area contributed by atoms with Gasteiger partial charge in [0, 0.05) is 10.9 Å². The Balaban J connectivity index is 1.71. The van der Waals surface area contributed by atoms with E-state index in [1.165, 1.54) is 6.20 Å². The topological polar surface area (TPSA) is 180 Å². The van der Waals surface area contributed by atoms with Gasteiger partial charge in [-0.15, -0.1) is 0 Å². The molecule has 3 aromatic rings. The third-order valence-electron chi connectivity index (χ3n) is 5.09. The highest BCUT2D eigenvalue weighted by Crippen LogP contribution is 2.26. The SMILES string of the molecule is NC(=O)c1ncc(N[C@@H]2CS(=O)(=O)CC[C@@H]2NC(=O)O)nc1-c1cc2ccccc2[nH]1. The van der Waals surface area contributed by atoms with E-state index in [4.69, 9.17) is 10.8 Å². The lowest BCUT2D eigenvalue weighted by atomic mass is 10.1. The van der Waals surface area contributed by atoms with Crippen molar-refractivity contribution in [2.75, 3.05) is 16.8 Å². The number of aromatic nitrogens is 3. The molecule has 0 saturated carbocycles. The number of amides is 2. The van der Waals surface area contributed by atoms with E-state index in [0.717, 1.165) is 10.9 Å². The van der Waals surface area contributed by atoms with E-state index in [1.807, 2.05) is 24.3 Å². The van der Waals surface area contributed by atoms with Crippen molar-refractivity contribution in [3.63, 3.8) is 0 Å². The van der Waals surface area contributed by atoms with Crippen LogP contribution in [0.3, 0.4) is 0 Å². The van der Waals surface area contributed by atoms with Crippen LogP contribution < -0.4 is 16.4 Å². The summed E-state index contributed by atoms with van der Waals surface area (Å²) in [7, 11) is -3.35. The van der Waals surface area contributed by atoms with Crippen LogP contribution in [0, 0.1) is 0 Å². The van der Waals surface area contributed by atoms with E-state index in [2.05, 4.69) is 25.6 Å². The molecule has 2 aromatic heterocycles. The maximum absolute atomic E-state index is 12.1. The molecule has 0 bridgehead atoms. The largest absolute Gasteiger partial charge is 0.465 e. The van der Waals surface area contributed by atoms with Gasteiger partial charge < -0.3 is 26.5 Å². The summed E-state index contributed by atoms with van der Waals surface area (Å²) in [6, 6.07) is 7.92. The Kier molecular flexibility index (Phi) is 5.23. The van der Waals surface area contributed by atoms with Crippen molar-refractivity contribution in [2.24, 2.45) is 5.73 Å². The average Bonchev–Trinajstić information content (AvgIpc) is 3.13. The van der Waals surface area contributed by atoms with Crippen LogP contribution in [-0.4, -0.2) is 64.1 Å². The smallest absolute Gasteiger partial charge is 0.404 e. The van der Waals surface area contributed by atoms with Gasteiger partial charge in [-0.05, 0) is 18.6 Å². The first-order chi connectivity index (χ1) is 14.7. The van der Waals surface area contributed by atoms with Gasteiger partial charge in [0.05, 0.1) is 35.5 Å². The van der Waals surface area contributed by atoms with E-state index in [0.29, 0.717) is 5.69 Å². The maximum Gasteiger partial charge on any atom is 0.404 e. The van der Waals surface area contributed by atoms with E-state index in [-0.39, 0.29) is 35.1 Å². The number of nitrogens with zero attached hydrogens (tertiary/aromatic N) is 2. The zero-order valence-electron chi connectivity index (χ0n) is 16.2. The second-order valence-corrected chi connectivity index (χ2v) is 9.53. The molecule has 4 rings (SSSR count). The molecule has 1 aliphatic rings. The monoisotopic (exact) mass is 444 g/mol. The van der Waals surface area contributed by atoms with Crippen LogP contribution in [0.1, 0.15) is 16.9 Å². The molecular weight excluding hydrogens is 424 g/mol. The van der Waals surface area contributed by atoms with Crippen LogP contribution in [0.15, 0.2) is 36.5 Å².